The summed E-state index contributed by atoms with van der Waals surface area (Å²) in [5.74, 6) is 2.65. The van der Waals surface area contributed by atoms with E-state index in [1.54, 1.807) is 12.1 Å². The van der Waals surface area contributed by atoms with Crippen molar-refractivity contribution in [2.75, 3.05) is 0 Å². The molecule has 0 aliphatic heterocycles. The van der Waals surface area contributed by atoms with Crippen molar-refractivity contribution in [1.82, 2.24) is 0 Å². The molecule has 0 aliphatic rings. The number of ether oxygens (including phenoxy) is 1. The SMILES string of the molecule is Cc1ccc(COC(O)c2ccc(C)o2)o1. The van der Waals surface area contributed by atoms with Gasteiger partial charge in [0.05, 0.1) is 0 Å². The van der Waals surface area contributed by atoms with Gasteiger partial charge in [-0.05, 0) is 38.1 Å². The van der Waals surface area contributed by atoms with E-state index < -0.39 is 6.29 Å². The topological polar surface area (TPSA) is 55.7 Å². The van der Waals surface area contributed by atoms with Crippen LogP contribution in [0.15, 0.2) is 33.1 Å². The first-order valence-corrected chi connectivity index (χ1v) is 5.06. The molecule has 0 saturated heterocycles. The van der Waals surface area contributed by atoms with Crippen molar-refractivity contribution >= 4 is 0 Å². The lowest BCUT2D eigenvalue weighted by molar-refractivity contribution is -0.127. The molecule has 16 heavy (non-hydrogen) atoms. The maximum Gasteiger partial charge on any atom is 0.215 e. The minimum atomic E-state index is -1.06. The first kappa shape index (κ1) is 11.0. The van der Waals surface area contributed by atoms with Crippen molar-refractivity contribution in [3.63, 3.8) is 0 Å². The van der Waals surface area contributed by atoms with Gasteiger partial charge in [-0.25, -0.2) is 0 Å². The van der Waals surface area contributed by atoms with E-state index in [4.69, 9.17) is 13.6 Å². The fraction of sp³-hybridized carbons (Fsp3) is 0.333. The van der Waals surface area contributed by atoms with Crippen LogP contribution in [-0.4, -0.2) is 5.11 Å². The van der Waals surface area contributed by atoms with Gasteiger partial charge in [-0.15, -0.1) is 0 Å². The predicted octanol–water partition coefficient (Wildman–Crippen LogP) is 2.70. The van der Waals surface area contributed by atoms with Crippen LogP contribution in [0.25, 0.3) is 0 Å². The van der Waals surface area contributed by atoms with Crippen LogP contribution in [-0.2, 0) is 11.3 Å². The molecule has 0 fully saturated rings. The van der Waals surface area contributed by atoms with E-state index >= 15 is 0 Å². The van der Waals surface area contributed by atoms with E-state index in [2.05, 4.69) is 0 Å². The van der Waals surface area contributed by atoms with Crippen LogP contribution >= 0.6 is 0 Å². The Hall–Kier alpha value is -1.52. The number of hydrogen-bond acceptors (Lipinski definition) is 4. The maximum atomic E-state index is 9.64. The van der Waals surface area contributed by atoms with Crippen molar-refractivity contribution in [2.45, 2.75) is 26.7 Å². The molecule has 1 atom stereocenters. The van der Waals surface area contributed by atoms with Gasteiger partial charge >= 0.3 is 0 Å². The summed E-state index contributed by atoms with van der Waals surface area (Å²) in [5.41, 5.74) is 0. The molecule has 86 valence electrons. The summed E-state index contributed by atoms with van der Waals surface area (Å²) in [6.45, 7) is 3.89. The predicted molar refractivity (Wildman–Crippen MR) is 56.6 cm³/mol. The van der Waals surface area contributed by atoms with Crippen molar-refractivity contribution in [3.05, 3.63) is 47.3 Å². The molecule has 2 aromatic heterocycles. The molecule has 2 rings (SSSR count). The van der Waals surface area contributed by atoms with E-state index in [1.165, 1.54) is 0 Å². The zero-order chi connectivity index (χ0) is 11.5. The Morgan fingerprint density at radius 3 is 2.38 bits per heavy atom. The Balaban J connectivity index is 1.91. The molecule has 0 bridgehead atoms. The fourth-order valence-corrected chi connectivity index (χ4v) is 1.39. The summed E-state index contributed by atoms with van der Waals surface area (Å²) in [4.78, 5) is 0. The van der Waals surface area contributed by atoms with Crippen molar-refractivity contribution in [2.24, 2.45) is 0 Å². The minimum Gasteiger partial charge on any atom is -0.464 e. The highest BCUT2D eigenvalue weighted by molar-refractivity contribution is 5.07. The number of aliphatic hydroxyl groups excluding tert-OH is 1. The van der Waals surface area contributed by atoms with Crippen molar-refractivity contribution in [1.29, 1.82) is 0 Å². The van der Waals surface area contributed by atoms with Gasteiger partial charge in [-0.3, -0.25) is 0 Å². The molecule has 0 amide bonds. The van der Waals surface area contributed by atoms with E-state index in [-0.39, 0.29) is 6.61 Å². The Morgan fingerprint density at radius 1 is 1.12 bits per heavy atom. The molecule has 1 unspecified atom stereocenters. The lowest BCUT2D eigenvalue weighted by Gasteiger charge is -2.07. The third-order valence-corrected chi connectivity index (χ3v) is 2.18. The average Bonchev–Trinajstić information content (AvgIpc) is 2.84. The second-order valence-corrected chi connectivity index (χ2v) is 3.62. The third-order valence-electron chi connectivity index (χ3n) is 2.18. The second kappa shape index (κ2) is 4.55. The van der Waals surface area contributed by atoms with E-state index in [0.29, 0.717) is 11.5 Å². The molecule has 0 aliphatic carbocycles. The van der Waals surface area contributed by atoms with Crippen LogP contribution in [0, 0.1) is 13.8 Å². The lowest BCUT2D eigenvalue weighted by atomic mass is 10.4. The molecule has 4 nitrogen and oxygen atoms in total. The van der Waals surface area contributed by atoms with Crippen molar-refractivity contribution in [3.8, 4) is 0 Å². The fourth-order valence-electron chi connectivity index (χ4n) is 1.39. The highest BCUT2D eigenvalue weighted by Gasteiger charge is 2.12. The van der Waals surface area contributed by atoms with Gasteiger partial charge in [0.25, 0.3) is 0 Å². The number of furan rings is 2. The van der Waals surface area contributed by atoms with Gasteiger partial charge in [0.2, 0.25) is 6.29 Å². The monoisotopic (exact) mass is 222 g/mol. The standard InChI is InChI=1S/C12H14O4/c1-8-3-5-10(15-8)7-14-12(13)11-6-4-9(2)16-11/h3-6,12-13H,7H2,1-2H3. The maximum absolute atomic E-state index is 9.64. The van der Waals surface area contributed by atoms with Gasteiger partial charge < -0.3 is 18.7 Å². The van der Waals surface area contributed by atoms with Crippen LogP contribution in [0.5, 0.6) is 0 Å². The number of rotatable bonds is 4. The van der Waals surface area contributed by atoms with Crippen LogP contribution in [0.4, 0.5) is 0 Å². The normalized spacial score (nSPS) is 12.9. The molecule has 2 heterocycles. The molecular weight excluding hydrogens is 208 g/mol. The number of aryl methyl sites for hydroxylation is 2. The highest BCUT2D eigenvalue weighted by atomic mass is 16.6. The molecule has 4 heteroatoms. The summed E-state index contributed by atoms with van der Waals surface area (Å²) in [6, 6.07) is 7.13. The van der Waals surface area contributed by atoms with Gasteiger partial charge in [0.15, 0.2) is 5.76 Å². The average molecular weight is 222 g/mol. The smallest absolute Gasteiger partial charge is 0.215 e. The number of aliphatic hydroxyl groups is 1. The third kappa shape index (κ3) is 2.53. The van der Waals surface area contributed by atoms with Gasteiger partial charge in [0, 0.05) is 0 Å². The van der Waals surface area contributed by atoms with Crippen LogP contribution in [0.3, 0.4) is 0 Å². The Labute approximate surface area is 93.4 Å². The van der Waals surface area contributed by atoms with Crippen molar-refractivity contribution < 1.29 is 18.7 Å². The molecule has 0 saturated carbocycles. The molecule has 1 N–H and O–H groups in total. The highest BCUT2D eigenvalue weighted by Crippen LogP contribution is 2.19. The van der Waals surface area contributed by atoms with Crippen LogP contribution in [0.2, 0.25) is 0 Å². The second-order valence-electron chi connectivity index (χ2n) is 3.62. The Bertz CT molecular complexity index is 455. The van der Waals surface area contributed by atoms with Gasteiger partial charge in [-0.2, -0.15) is 0 Å². The molecule has 0 aromatic carbocycles. The Kier molecular flexibility index (Phi) is 3.12. The minimum absolute atomic E-state index is 0.217. The summed E-state index contributed by atoms with van der Waals surface area (Å²) >= 11 is 0. The van der Waals surface area contributed by atoms with Gasteiger partial charge in [-0.1, -0.05) is 0 Å². The summed E-state index contributed by atoms with van der Waals surface area (Å²) in [5, 5.41) is 9.64. The Morgan fingerprint density at radius 2 is 1.81 bits per heavy atom. The van der Waals surface area contributed by atoms with Crippen LogP contribution < -0.4 is 0 Å². The summed E-state index contributed by atoms with van der Waals surface area (Å²) in [6.07, 6.45) is -1.06. The van der Waals surface area contributed by atoms with Gasteiger partial charge in [0.1, 0.15) is 23.9 Å². The lowest BCUT2D eigenvalue weighted by Crippen LogP contribution is -2.01. The number of hydrogen-bond donors (Lipinski definition) is 1. The largest absolute Gasteiger partial charge is 0.464 e. The van der Waals surface area contributed by atoms with E-state index in [1.807, 2.05) is 26.0 Å². The summed E-state index contributed by atoms with van der Waals surface area (Å²) in [7, 11) is 0. The van der Waals surface area contributed by atoms with E-state index in [0.717, 1.165) is 11.5 Å². The van der Waals surface area contributed by atoms with E-state index in [9.17, 15) is 5.11 Å². The first-order chi connectivity index (χ1) is 7.65. The van der Waals surface area contributed by atoms with Crippen LogP contribution in [0.1, 0.15) is 29.3 Å². The zero-order valence-electron chi connectivity index (χ0n) is 9.27. The summed E-state index contributed by atoms with van der Waals surface area (Å²) < 4.78 is 15.8. The molecule has 0 radical (unpaired) electrons. The zero-order valence-corrected chi connectivity index (χ0v) is 9.27. The molecule has 0 spiro atoms. The molecular formula is C12H14O4. The first-order valence-electron chi connectivity index (χ1n) is 5.06. The quantitative estimate of drug-likeness (QED) is 0.808. The molecule has 2 aromatic rings.